The first-order valence-electron chi connectivity index (χ1n) is 10.4. The first-order chi connectivity index (χ1) is 12.9. The Labute approximate surface area is 160 Å². The summed E-state index contributed by atoms with van der Waals surface area (Å²) in [6, 6.07) is 0. The van der Waals surface area contributed by atoms with Crippen LogP contribution in [0.5, 0.6) is 0 Å². The monoisotopic (exact) mass is 372 g/mol. The van der Waals surface area contributed by atoms with Crippen molar-refractivity contribution in [1.29, 1.82) is 0 Å². The molecule has 1 N–H and O–H groups in total. The molecule has 1 saturated heterocycles. The quantitative estimate of drug-likeness (QED) is 0.897. The van der Waals surface area contributed by atoms with Crippen molar-refractivity contribution in [2.75, 3.05) is 37.6 Å². The minimum absolute atomic E-state index is 0.102. The van der Waals surface area contributed by atoms with Crippen LogP contribution in [-0.4, -0.2) is 57.4 Å². The summed E-state index contributed by atoms with van der Waals surface area (Å²) in [5.41, 5.74) is 0.361. The first kappa shape index (κ1) is 18.5. The number of piperazine rings is 1. The summed E-state index contributed by atoms with van der Waals surface area (Å²) < 4.78 is 1.85. The molecule has 27 heavy (non-hydrogen) atoms. The largest absolute Gasteiger partial charge is 0.340 e. The highest BCUT2D eigenvalue weighted by atomic mass is 16.1. The van der Waals surface area contributed by atoms with Gasteiger partial charge < -0.3 is 4.90 Å². The number of aromatic nitrogens is 4. The van der Waals surface area contributed by atoms with E-state index in [0.29, 0.717) is 17.0 Å². The van der Waals surface area contributed by atoms with Crippen LogP contribution in [0.1, 0.15) is 52.9 Å². The van der Waals surface area contributed by atoms with Crippen molar-refractivity contribution in [3.05, 3.63) is 16.6 Å². The van der Waals surface area contributed by atoms with E-state index < -0.39 is 0 Å². The fourth-order valence-electron chi connectivity index (χ4n) is 4.42. The molecular weight excluding hydrogens is 340 g/mol. The fraction of sp³-hybridized carbons (Fsp3) is 0.750. The van der Waals surface area contributed by atoms with Crippen LogP contribution in [0.25, 0.3) is 11.0 Å². The van der Waals surface area contributed by atoms with Gasteiger partial charge in [0, 0.05) is 32.7 Å². The maximum atomic E-state index is 12.5. The molecule has 0 atom stereocenters. The highest BCUT2D eigenvalue weighted by Crippen LogP contribution is 2.25. The smallest absolute Gasteiger partial charge is 0.263 e. The molecule has 0 amide bonds. The summed E-state index contributed by atoms with van der Waals surface area (Å²) in [4.78, 5) is 25.1. The van der Waals surface area contributed by atoms with E-state index in [9.17, 15) is 4.79 Å². The van der Waals surface area contributed by atoms with Crippen molar-refractivity contribution < 1.29 is 0 Å². The Morgan fingerprint density at radius 2 is 1.81 bits per heavy atom. The molecule has 1 aliphatic carbocycles. The number of aromatic amines is 1. The molecule has 0 spiro atoms. The zero-order chi connectivity index (χ0) is 19.0. The van der Waals surface area contributed by atoms with Crippen LogP contribution >= 0.6 is 0 Å². The van der Waals surface area contributed by atoms with E-state index in [1.54, 1.807) is 6.20 Å². The van der Waals surface area contributed by atoms with E-state index in [4.69, 9.17) is 4.98 Å². The fourth-order valence-corrected chi connectivity index (χ4v) is 4.42. The molecule has 2 aliphatic rings. The summed E-state index contributed by atoms with van der Waals surface area (Å²) in [7, 11) is 0. The Balaban J connectivity index is 1.48. The van der Waals surface area contributed by atoms with Gasteiger partial charge in [0.25, 0.3) is 5.56 Å². The lowest BCUT2D eigenvalue weighted by Crippen LogP contribution is -2.48. The molecule has 0 bridgehead atoms. The molecule has 1 saturated carbocycles. The van der Waals surface area contributed by atoms with Crippen LogP contribution in [0.15, 0.2) is 11.0 Å². The van der Waals surface area contributed by atoms with E-state index in [-0.39, 0.29) is 11.1 Å². The van der Waals surface area contributed by atoms with Gasteiger partial charge in [-0.15, -0.1) is 0 Å². The van der Waals surface area contributed by atoms with Gasteiger partial charge in [0.05, 0.1) is 11.7 Å². The van der Waals surface area contributed by atoms with E-state index >= 15 is 0 Å². The van der Waals surface area contributed by atoms with Gasteiger partial charge in [-0.25, -0.2) is 4.68 Å². The summed E-state index contributed by atoms with van der Waals surface area (Å²) >= 11 is 0. The van der Waals surface area contributed by atoms with Crippen molar-refractivity contribution >= 4 is 17.0 Å². The number of rotatable bonds is 3. The topological polar surface area (TPSA) is 70.1 Å². The molecule has 1 aliphatic heterocycles. The third-order valence-corrected chi connectivity index (χ3v) is 5.97. The highest BCUT2D eigenvalue weighted by molar-refractivity contribution is 5.74. The lowest BCUT2D eigenvalue weighted by molar-refractivity contribution is 0.191. The van der Waals surface area contributed by atoms with Gasteiger partial charge in [-0.2, -0.15) is 10.1 Å². The second-order valence-electron chi connectivity index (χ2n) is 9.15. The van der Waals surface area contributed by atoms with Crippen LogP contribution in [0, 0.1) is 5.92 Å². The van der Waals surface area contributed by atoms with Gasteiger partial charge in [0.15, 0.2) is 5.65 Å². The maximum absolute atomic E-state index is 12.5. The predicted octanol–water partition coefficient (Wildman–Crippen LogP) is 2.58. The van der Waals surface area contributed by atoms with Crippen LogP contribution < -0.4 is 10.5 Å². The second kappa shape index (κ2) is 7.26. The molecule has 7 nitrogen and oxygen atoms in total. The molecule has 2 aromatic rings. The van der Waals surface area contributed by atoms with Crippen molar-refractivity contribution in [1.82, 2.24) is 24.6 Å². The number of nitrogens with zero attached hydrogens (tertiary/aromatic N) is 5. The molecule has 148 valence electrons. The summed E-state index contributed by atoms with van der Waals surface area (Å²) in [5.74, 6) is 1.55. The average Bonchev–Trinajstić information content (AvgIpc) is 3.08. The molecule has 0 radical (unpaired) electrons. The van der Waals surface area contributed by atoms with Crippen LogP contribution in [0.4, 0.5) is 5.95 Å². The molecule has 2 aromatic heterocycles. The SMILES string of the molecule is CC(C)(C)n1ncc2c(=O)[nH]c(N3CCN(CC4CCCCC4)CC3)nc21. The first-order valence-corrected chi connectivity index (χ1v) is 10.4. The number of hydrogen-bond acceptors (Lipinski definition) is 5. The standard InChI is InChI=1S/C20H32N6O/c1-20(2,3)26-17-16(13-21-26)18(27)23-19(22-17)25-11-9-24(10-12-25)14-15-7-5-4-6-8-15/h13,15H,4-12,14H2,1-3H3,(H,22,23,27). The lowest BCUT2D eigenvalue weighted by Gasteiger charge is -2.37. The van der Waals surface area contributed by atoms with E-state index in [2.05, 4.69) is 40.7 Å². The van der Waals surface area contributed by atoms with Gasteiger partial charge in [0.2, 0.25) is 5.95 Å². The minimum atomic E-state index is -0.210. The summed E-state index contributed by atoms with van der Waals surface area (Å²) in [6.07, 6.45) is 8.62. The van der Waals surface area contributed by atoms with Gasteiger partial charge in [-0.1, -0.05) is 19.3 Å². The number of H-pyrrole nitrogens is 1. The maximum Gasteiger partial charge on any atom is 0.263 e. The number of fused-ring (bicyclic) bond motifs is 1. The second-order valence-corrected chi connectivity index (χ2v) is 9.15. The summed E-state index contributed by atoms with van der Waals surface area (Å²) in [5, 5.41) is 4.96. The minimum Gasteiger partial charge on any atom is -0.340 e. The van der Waals surface area contributed by atoms with Gasteiger partial charge in [-0.05, 0) is 39.5 Å². The normalized spacial score (nSPS) is 20.5. The van der Waals surface area contributed by atoms with Crippen LogP contribution in [0.2, 0.25) is 0 Å². The third kappa shape index (κ3) is 3.88. The molecule has 7 heteroatoms. The molecule has 4 rings (SSSR count). The Hall–Kier alpha value is -1.89. The highest BCUT2D eigenvalue weighted by Gasteiger charge is 2.25. The predicted molar refractivity (Wildman–Crippen MR) is 108 cm³/mol. The molecule has 0 aromatic carbocycles. The zero-order valence-corrected chi connectivity index (χ0v) is 16.9. The number of anilines is 1. The van der Waals surface area contributed by atoms with E-state index in [1.807, 2.05) is 4.68 Å². The third-order valence-electron chi connectivity index (χ3n) is 5.97. The van der Waals surface area contributed by atoms with E-state index in [1.165, 1.54) is 38.6 Å². The Morgan fingerprint density at radius 1 is 1.11 bits per heavy atom. The van der Waals surface area contributed by atoms with Crippen molar-refractivity contribution in [3.63, 3.8) is 0 Å². The number of hydrogen-bond donors (Lipinski definition) is 1. The van der Waals surface area contributed by atoms with Crippen LogP contribution in [-0.2, 0) is 5.54 Å². The molecular formula is C20H32N6O. The Morgan fingerprint density at radius 3 is 2.48 bits per heavy atom. The number of nitrogens with one attached hydrogen (secondary N) is 1. The Kier molecular flexibility index (Phi) is 4.97. The zero-order valence-electron chi connectivity index (χ0n) is 16.9. The van der Waals surface area contributed by atoms with Crippen molar-refractivity contribution in [2.24, 2.45) is 5.92 Å². The molecule has 0 unspecified atom stereocenters. The van der Waals surface area contributed by atoms with Crippen molar-refractivity contribution in [3.8, 4) is 0 Å². The average molecular weight is 373 g/mol. The van der Waals surface area contributed by atoms with Crippen molar-refractivity contribution in [2.45, 2.75) is 58.4 Å². The Bertz CT molecular complexity index is 834. The van der Waals surface area contributed by atoms with E-state index in [0.717, 1.165) is 32.1 Å². The van der Waals surface area contributed by atoms with Gasteiger partial charge >= 0.3 is 0 Å². The molecule has 2 fully saturated rings. The van der Waals surface area contributed by atoms with Crippen LogP contribution in [0.3, 0.4) is 0 Å². The molecule has 3 heterocycles. The van der Waals surface area contributed by atoms with Gasteiger partial charge in [-0.3, -0.25) is 14.7 Å². The lowest BCUT2D eigenvalue weighted by atomic mass is 9.89. The van der Waals surface area contributed by atoms with Gasteiger partial charge in [0.1, 0.15) is 5.39 Å². The summed E-state index contributed by atoms with van der Waals surface area (Å²) in [6.45, 7) is 11.3.